The quantitative estimate of drug-likeness (QED) is 0.853. The third kappa shape index (κ3) is 2.61. The number of likely N-dealkylation sites (tertiary alicyclic amines) is 1. The maximum absolute atomic E-state index is 10.5. The molecular weight excluding hydrogens is 240 g/mol. The summed E-state index contributed by atoms with van der Waals surface area (Å²) in [6.45, 7) is 2.10. The summed E-state index contributed by atoms with van der Waals surface area (Å²) < 4.78 is 5.89. The van der Waals surface area contributed by atoms with Gasteiger partial charge in [0, 0.05) is 12.5 Å². The van der Waals surface area contributed by atoms with E-state index in [0.717, 1.165) is 25.3 Å². The molecule has 0 spiro atoms. The van der Waals surface area contributed by atoms with Crippen LogP contribution in [0.3, 0.4) is 0 Å². The van der Waals surface area contributed by atoms with Crippen LogP contribution in [0.2, 0.25) is 0 Å². The van der Waals surface area contributed by atoms with Crippen molar-refractivity contribution < 1.29 is 9.84 Å². The second-order valence-corrected chi connectivity index (χ2v) is 5.59. The molecule has 0 unspecified atom stereocenters. The minimum absolute atomic E-state index is 0.00168. The Morgan fingerprint density at radius 2 is 1.84 bits per heavy atom. The molecule has 104 valence electrons. The van der Waals surface area contributed by atoms with Gasteiger partial charge < -0.3 is 15.6 Å². The summed E-state index contributed by atoms with van der Waals surface area (Å²) in [6.07, 6.45) is 2.45. The number of hydrogen-bond donors (Lipinski definition) is 2. The molecule has 1 aromatic carbocycles. The lowest BCUT2D eigenvalue weighted by Crippen LogP contribution is -2.49. The van der Waals surface area contributed by atoms with Crippen LogP contribution in [0.1, 0.15) is 19.3 Å². The Hall–Kier alpha value is -1.10. The van der Waals surface area contributed by atoms with Gasteiger partial charge in [0.25, 0.3) is 0 Å². The molecule has 3 N–H and O–H groups in total. The van der Waals surface area contributed by atoms with Crippen molar-refractivity contribution in [1.82, 2.24) is 4.90 Å². The Morgan fingerprint density at radius 1 is 1.16 bits per heavy atom. The third-order valence-corrected chi connectivity index (χ3v) is 4.27. The number of hydrogen-bond acceptors (Lipinski definition) is 4. The summed E-state index contributed by atoms with van der Waals surface area (Å²) in [7, 11) is 0. The van der Waals surface area contributed by atoms with Gasteiger partial charge in [0.15, 0.2) is 0 Å². The average Bonchev–Trinajstić information content (AvgIpc) is 3.01. The molecule has 1 aromatic rings. The Labute approximate surface area is 114 Å². The zero-order valence-electron chi connectivity index (χ0n) is 11.1. The van der Waals surface area contributed by atoms with Crippen molar-refractivity contribution >= 4 is 0 Å². The van der Waals surface area contributed by atoms with E-state index in [1.165, 1.54) is 12.8 Å². The van der Waals surface area contributed by atoms with Gasteiger partial charge in [-0.25, -0.2) is 0 Å². The first-order valence-corrected chi connectivity index (χ1v) is 7.15. The number of rotatable bonds is 3. The van der Waals surface area contributed by atoms with E-state index in [2.05, 4.69) is 4.90 Å². The minimum atomic E-state index is -0.492. The Morgan fingerprint density at radius 3 is 2.53 bits per heavy atom. The fraction of sp³-hybridized carbons (Fsp3) is 0.600. The highest BCUT2D eigenvalue weighted by atomic mass is 16.5. The molecule has 0 radical (unpaired) electrons. The fourth-order valence-electron chi connectivity index (χ4n) is 3.34. The van der Waals surface area contributed by atoms with Gasteiger partial charge in [-0.15, -0.1) is 0 Å². The number of ether oxygens (including phenoxy) is 1. The van der Waals surface area contributed by atoms with E-state index in [1.54, 1.807) is 0 Å². The lowest BCUT2D eigenvalue weighted by molar-refractivity contribution is 0.0151. The highest BCUT2D eigenvalue weighted by molar-refractivity contribution is 5.22. The number of aliphatic hydroxyl groups is 1. The number of nitrogens with two attached hydrogens (primary N) is 1. The van der Waals surface area contributed by atoms with Crippen molar-refractivity contribution in [2.24, 2.45) is 5.73 Å². The monoisotopic (exact) mass is 262 g/mol. The lowest BCUT2D eigenvalue weighted by atomic mass is 10.1. The molecule has 2 fully saturated rings. The van der Waals surface area contributed by atoms with Gasteiger partial charge >= 0.3 is 0 Å². The van der Waals surface area contributed by atoms with Crippen LogP contribution in [0.15, 0.2) is 30.3 Å². The van der Waals surface area contributed by atoms with Crippen LogP contribution in [-0.2, 0) is 0 Å². The molecule has 1 saturated carbocycles. The molecule has 0 aromatic heterocycles. The summed E-state index contributed by atoms with van der Waals surface area (Å²) >= 11 is 0. The summed E-state index contributed by atoms with van der Waals surface area (Å²) in [5, 5.41) is 10.5. The van der Waals surface area contributed by atoms with E-state index in [4.69, 9.17) is 10.5 Å². The maximum Gasteiger partial charge on any atom is 0.128 e. The topological polar surface area (TPSA) is 58.7 Å². The third-order valence-electron chi connectivity index (χ3n) is 4.27. The molecular formula is C15H22N2O2. The lowest BCUT2D eigenvalue weighted by Gasteiger charge is -2.30. The fourth-order valence-corrected chi connectivity index (χ4v) is 3.34. The molecule has 4 atom stereocenters. The normalized spacial score (nSPS) is 35.7. The second-order valence-electron chi connectivity index (χ2n) is 5.59. The Balaban J connectivity index is 1.68. The number of para-hydroxylation sites is 1. The summed E-state index contributed by atoms with van der Waals surface area (Å²) in [6, 6.07) is 9.72. The molecule has 1 aliphatic carbocycles. The first-order chi connectivity index (χ1) is 9.25. The largest absolute Gasteiger partial charge is 0.488 e. The van der Waals surface area contributed by atoms with E-state index < -0.39 is 6.10 Å². The van der Waals surface area contributed by atoms with Crippen LogP contribution in [0, 0.1) is 0 Å². The summed E-state index contributed by atoms with van der Waals surface area (Å²) in [5.74, 6) is 0.806. The van der Waals surface area contributed by atoms with Crippen molar-refractivity contribution in [2.45, 2.75) is 43.6 Å². The predicted molar refractivity (Wildman–Crippen MR) is 74.1 cm³/mol. The van der Waals surface area contributed by atoms with Crippen molar-refractivity contribution in [3.05, 3.63) is 30.3 Å². The van der Waals surface area contributed by atoms with E-state index >= 15 is 0 Å². The summed E-state index contributed by atoms with van der Waals surface area (Å²) in [5.41, 5.74) is 6.21. The van der Waals surface area contributed by atoms with E-state index in [9.17, 15) is 5.11 Å². The Bertz CT molecular complexity index is 406. The van der Waals surface area contributed by atoms with E-state index in [1.807, 2.05) is 30.3 Å². The van der Waals surface area contributed by atoms with Gasteiger partial charge in [-0.2, -0.15) is 0 Å². The molecule has 0 amide bonds. The van der Waals surface area contributed by atoms with Crippen LogP contribution in [0.5, 0.6) is 5.75 Å². The highest BCUT2D eigenvalue weighted by Gasteiger charge is 2.45. The molecule has 19 heavy (non-hydrogen) atoms. The first kappa shape index (κ1) is 12.9. The molecule has 2 aliphatic rings. The van der Waals surface area contributed by atoms with Gasteiger partial charge in [0.2, 0.25) is 0 Å². The van der Waals surface area contributed by atoms with E-state index in [0.29, 0.717) is 0 Å². The summed E-state index contributed by atoms with van der Waals surface area (Å²) in [4.78, 5) is 2.32. The van der Waals surface area contributed by atoms with Crippen LogP contribution in [-0.4, -0.2) is 47.4 Å². The molecule has 1 aliphatic heterocycles. The predicted octanol–water partition coefficient (Wildman–Crippen LogP) is 0.990. The second kappa shape index (κ2) is 5.49. The number of nitrogens with zero attached hydrogens (tertiary/aromatic N) is 1. The smallest absolute Gasteiger partial charge is 0.128 e. The average molecular weight is 262 g/mol. The minimum Gasteiger partial charge on any atom is -0.488 e. The maximum atomic E-state index is 10.5. The standard InChI is InChI=1S/C15H22N2O2/c16-12-10-13(19-11-6-2-1-3-7-11)15(18)14(12)17-8-4-5-9-17/h1-3,6-7,12-15,18H,4-5,8-10,16H2/t12-,13-,14+,15+/m1/s1. The molecule has 4 nitrogen and oxygen atoms in total. The van der Waals surface area contributed by atoms with Gasteiger partial charge in [-0.1, -0.05) is 18.2 Å². The van der Waals surface area contributed by atoms with Crippen molar-refractivity contribution in [3.8, 4) is 5.75 Å². The van der Waals surface area contributed by atoms with Gasteiger partial charge in [-0.3, -0.25) is 4.90 Å². The van der Waals surface area contributed by atoms with Crippen LogP contribution in [0.25, 0.3) is 0 Å². The van der Waals surface area contributed by atoms with Crippen LogP contribution >= 0.6 is 0 Å². The highest BCUT2D eigenvalue weighted by Crippen LogP contribution is 2.29. The van der Waals surface area contributed by atoms with Gasteiger partial charge in [0.05, 0.1) is 6.04 Å². The van der Waals surface area contributed by atoms with Gasteiger partial charge in [0.1, 0.15) is 18.0 Å². The van der Waals surface area contributed by atoms with Crippen molar-refractivity contribution in [1.29, 1.82) is 0 Å². The Kier molecular flexibility index (Phi) is 3.73. The number of aliphatic hydroxyl groups excluding tert-OH is 1. The first-order valence-electron chi connectivity index (χ1n) is 7.15. The molecule has 0 bridgehead atoms. The zero-order valence-corrected chi connectivity index (χ0v) is 11.1. The molecule has 4 heteroatoms. The SMILES string of the molecule is N[C@@H]1C[C@@H](Oc2ccccc2)[C@H](O)[C@H]1N1CCCC1. The van der Waals surface area contributed by atoms with Gasteiger partial charge in [-0.05, 0) is 38.1 Å². The van der Waals surface area contributed by atoms with Crippen molar-refractivity contribution in [3.63, 3.8) is 0 Å². The zero-order chi connectivity index (χ0) is 13.2. The van der Waals surface area contributed by atoms with Crippen molar-refractivity contribution in [2.75, 3.05) is 13.1 Å². The number of benzene rings is 1. The molecule has 3 rings (SSSR count). The molecule has 1 saturated heterocycles. The molecule has 1 heterocycles. The van der Waals surface area contributed by atoms with Crippen LogP contribution < -0.4 is 10.5 Å². The van der Waals surface area contributed by atoms with E-state index in [-0.39, 0.29) is 18.2 Å². The van der Waals surface area contributed by atoms with Crippen LogP contribution in [0.4, 0.5) is 0 Å².